The fourth-order valence-corrected chi connectivity index (χ4v) is 4.13. The number of rotatable bonds is 4. The number of hydrogen-bond donors (Lipinski definition) is 2. The molecule has 2 N–H and O–H groups in total. The van der Waals surface area contributed by atoms with E-state index in [2.05, 4.69) is 54.0 Å². The number of fused-ring (bicyclic) bond motifs is 1. The molecule has 4 nitrogen and oxygen atoms in total. The molecule has 4 aromatic rings. The third-order valence-electron chi connectivity index (χ3n) is 4.54. The normalized spacial score (nSPS) is 10.2. The maximum absolute atomic E-state index is 10.4. The van der Waals surface area contributed by atoms with Crippen LogP contribution in [0.1, 0.15) is 15.9 Å². The Hall–Kier alpha value is -2.89. The standard InChI is InChI=1S/C15H14N2S.C8H8ClNO/c1-10-11(6-5-8-12(10)16-2)15-17-13-7-3-4-9-14(13)18-15;1-10-7-2-3-8(9)6(4-7)5-11/h3-9,16H,1-2H3;2-5,10H,1H3. The summed E-state index contributed by atoms with van der Waals surface area (Å²) in [6.45, 7) is 2.13. The molecular weight excluding hydrogens is 402 g/mol. The van der Waals surface area contributed by atoms with E-state index < -0.39 is 0 Å². The number of carbonyl (C=O) groups excluding carboxylic acids is 1. The minimum atomic E-state index is 0.485. The highest BCUT2D eigenvalue weighted by molar-refractivity contribution is 7.21. The van der Waals surface area contributed by atoms with E-state index in [-0.39, 0.29) is 0 Å². The Balaban J connectivity index is 0.000000188. The van der Waals surface area contributed by atoms with Gasteiger partial charge in [-0.2, -0.15) is 0 Å². The van der Waals surface area contributed by atoms with E-state index in [4.69, 9.17) is 16.6 Å². The molecule has 0 unspecified atom stereocenters. The molecule has 29 heavy (non-hydrogen) atoms. The van der Waals surface area contributed by atoms with E-state index in [9.17, 15) is 4.79 Å². The molecule has 0 spiro atoms. The maximum Gasteiger partial charge on any atom is 0.151 e. The van der Waals surface area contributed by atoms with Gasteiger partial charge in [-0.15, -0.1) is 11.3 Å². The number of benzene rings is 3. The van der Waals surface area contributed by atoms with Crippen LogP contribution in [0.3, 0.4) is 0 Å². The molecule has 0 bridgehead atoms. The summed E-state index contributed by atoms with van der Waals surface area (Å²) in [6.07, 6.45) is 0.739. The van der Waals surface area contributed by atoms with Crippen LogP contribution in [0.15, 0.2) is 60.7 Å². The van der Waals surface area contributed by atoms with Gasteiger partial charge in [0.1, 0.15) is 5.01 Å². The van der Waals surface area contributed by atoms with Gasteiger partial charge < -0.3 is 10.6 Å². The van der Waals surface area contributed by atoms with Gasteiger partial charge in [0.15, 0.2) is 6.29 Å². The predicted molar refractivity (Wildman–Crippen MR) is 126 cm³/mol. The Kier molecular flexibility index (Phi) is 6.86. The summed E-state index contributed by atoms with van der Waals surface area (Å²) in [4.78, 5) is 15.1. The minimum absolute atomic E-state index is 0.485. The summed E-state index contributed by atoms with van der Waals surface area (Å²) >= 11 is 7.44. The second-order valence-electron chi connectivity index (χ2n) is 6.32. The van der Waals surface area contributed by atoms with Crippen molar-refractivity contribution in [3.05, 3.63) is 76.8 Å². The predicted octanol–water partition coefficient (Wildman–Crippen LogP) is 6.51. The number of anilines is 2. The molecule has 3 aromatic carbocycles. The smallest absolute Gasteiger partial charge is 0.151 e. The van der Waals surface area contributed by atoms with Crippen molar-refractivity contribution in [3.63, 3.8) is 0 Å². The number of carbonyl (C=O) groups is 1. The summed E-state index contributed by atoms with van der Waals surface area (Å²) in [6, 6.07) is 19.8. The molecule has 1 aromatic heterocycles. The van der Waals surface area contributed by atoms with Gasteiger partial charge >= 0.3 is 0 Å². The number of halogens is 1. The maximum atomic E-state index is 10.4. The van der Waals surface area contributed by atoms with Gasteiger partial charge in [-0.05, 0) is 48.9 Å². The lowest BCUT2D eigenvalue weighted by Gasteiger charge is -2.08. The van der Waals surface area contributed by atoms with E-state index in [0.717, 1.165) is 28.2 Å². The fraction of sp³-hybridized carbons (Fsp3) is 0.130. The first-order valence-electron chi connectivity index (χ1n) is 9.13. The second kappa shape index (κ2) is 9.54. The molecule has 0 amide bonds. The Morgan fingerprint density at radius 1 is 1.00 bits per heavy atom. The number of para-hydroxylation sites is 1. The average molecular weight is 424 g/mol. The zero-order valence-corrected chi connectivity index (χ0v) is 18.1. The van der Waals surface area contributed by atoms with Crippen molar-refractivity contribution >= 4 is 50.8 Å². The summed E-state index contributed by atoms with van der Waals surface area (Å²) in [5.74, 6) is 0. The van der Waals surface area contributed by atoms with Gasteiger partial charge in [0.05, 0.1) is 15.2 Å². The third kappa shape index (κ3) is 4.75. The summed E-state index contributed by atoms with van der Waals surface area (Å²) in [7, 11) is 3.74. The Bertz CT molecular complexity index is 1110. The molecule has 0 saturated carbocycles. The van der Waals surface area contributed by atoms with Gasteiger partial charge in [-0.1, -0.05) is 35.9 Å². The summed E-state index contributed by atoms with van der Waals surface area (Å²) in [5, 5.41) is 7.70. The van der Waals surface area contributed by atoms with E-state index in [1.807, 2.05) is 19.2 Å². The highest BCUT2D eigenvalue weighted by Gasteiger charge is 2.10. The molecule has 4 rings (SSSR count). The molecule has 0 aliphatic rings. The van der Waals surface area contributed by atoms with E-state index in [0.29, 0.717) is 10.6 Å². The molecule has 0 fully saturated rings. The van der Waals surface area contributed by atoms with Crippen molar-refractivity contribution < 1.29 is 4.79 Å². The Morgan fingerprint density at radius 2 is 1.79 bits per heavy atom. The zero-order valence-electron chi connectivity index (χ0n) is 16.5. The van der Waals surface area contributed by atoms with Crippen molar-refractivity contribution in [2.75, 3.05) is 24.7 Å². The topological polar surface area (TPSA) is 54.0 Å². The summed E-state index contributed by atoms with van der Waals surface area (Å²) in [5.41, 5.74) is 6.09. The molecule has 0 aliphatic carbocycles. The van der Waals surface area contributed by atoms with E-state index in [1.54, 1.807) is 30.5 Å². The van der Waals surface area contributed by atoms with Crippen LogP contribution >= 0.6 is 22.9 Å². The third-order valence-corrected chi connectivity index (χ3v) is 5.95. The number of nitrogens with one attached hydrogen (secondary N) is 2. The highest BCUT2D eigenvalue weighted by atomic mass is 35.5. The fourth-order valence-electron chi connectivity index (χ4n) is 2.92. The molecule has 148 valence electrons. The van der Waals surface area contributed by atoms with E-state index in [1.165, 1.54) is 15.8 Å². The van der Waals surface area contributed by atoms with Crippen molar-refractivity contribution in [3.8, 4) is 10.6 Å². The second-order valence-corrected chi connectivity index (χ2v) is 7.76. The first-order valence-corrected chi connectivity index (χ1v) is 10.3. The van der Waals surface area contributed by atoms with Crippen LogP contribution in [0.4, 0.5) is 11.4 Å². The van der Waals surface area contributed by atoms with Crippen LogP contribution in [0, 0.1) is 6.92 Å². The van der Waals surface area contributed by atoms with Crippen LogP contribution in [0.2, 0.25) is 5.02 Å². The Labute approximate surface area is 179 Å². The number of hydrogen-bond acceptors (Lipinski definition) is 5. The quantitative estimate of drug-likeness (QED) is 0.367. The lowest BCUT2D eigenvalue weighted by atomic mass is 10.1. The van der Waals surface area contributed by atoms with Crippen molar-refractivity contribution in [1.29, 1.82) is 0 Å². The molecule has 6 heteroatoms. The largest absolute Gasteiger partial charge is 0.388 e. The molecule has 0 radical (unpaired) electrons. The SMILES string of the molecule is CNc1ccc(Cl)c(C=O)c1.CNc1cccc(-c2nc3ccccc3s2)c1C. The Morgan fingerprint density at radius 3 is 2.48 bits per heavy atom. The van der Waals surface area contributed by atoms with Crippen LogP contribution in [0.25, 0.3) is 20.8 Å². The molecular formula is C23H22ClN3OS. The lowest BCUT2D eigenvalue weighted by molar-refractivity contribution is 0.112. The first kappa shape index (κ1) is 20.8. The van der Waals surface area contributed by atoms with E-state index >= 15 is 0 Å². The average Bonchev–Trinajstić information content (AvgIpc) is 3.18. The molecule has 0 aliphatic heterocycles. The van der Waals surface area contributed by atoms with Crippen LogP contribution in [-0.4, -0.2) is 25.4 Å². The van der Waals surface area contributed by atoms with Gasteiger partial charge in [0.2, 0.25) is 0 Å². The minimum Gasteiger partial charge on any atom is -0.388 e. The lowest BCUT2D eigenvalue weighted by Crippen LogP contribution is -1.93. The van der Waals surface area contributed by atoms with Gasteiger partial charge in [-0.25, -0.2) is 4.98 Å². The first-order chi connectivity index (χ1) is 14.1. The monoisotopic (exact) mass is 423 g/mol. The molecule has 0 atom stereocenters. The highest BCUT2D eigenvalue weighted by Crippen LogP contribution is 2.34. The van der Waals surface area contributed by atoms with Crippen molar-refractivity contribution in [2.45, 2.75) is 6.92 Å². The van der Waals surface area contributed by atoms with Gasteiger partial charge in [0.25, 0.3) is 0 Å². The van der Waals surface area contributed by atoms with Crippen LogP contribution in [0.5, 0.6) is 0 Å². The van der Waals surface area contributed by atoms with Crippen LogP contribution < -0.4 is 10.6 Å². The number of aromatic nitrogens is 1. The number of aldehydes is 1. The van der Waals surface area contributed by atoms with Gasteiger partial charge in [0, 0.05) is 36.6 Å². The van der Waals surface area contributed by atoms with Crippen LogP contribution in [-0.2, 0) is 0 Å². The van der Waals surface area contributed by atoms with Crippen molar-refractivity contribution in [2.24, 2.45) is 0 Å². The molecule has 1 heterocycles. The van der Waals surface area contributed by atoms with Gasteiger partial charge in [-0.3, -0.25) is 4.79 Å². The summed E-state index contributed by atoms with van der Waals surface area (Å²) < 4.78 is 1.24. The number of thiazole rings is 1. The molecule has 0 saturated heterocycles. The van der Waals surface area contributed by atoms with Crippen molar-refractivity contribution in [1.82, 2.24) is 4.98 Å². The zero-order chi connectivity index (χ0) is 20.8. The number of nitrogens with zero attached hydrogens (tertiary/aromatic N) is 1.